The molecule has 0 saturated heterocycles. The van der Waals surface area contributed by atoms with Crippen molar-refractivity contribution in [1.82, 2.24) is 0 Å². The fourth-order valence-electron chi connectivity index (χ4n) is 10.4. The minimum atomic E-state index is 0.880. The van der Waals surface area contributed by atoms with Gasteiger partial charge in [-0.25, -0.2) is 0 Å². The van der Waals surface area contributed by atoms with Crippen LogP contribution in [-0.2, 0) is 0 Å². The Morgan fingerprint density at radius 2 is 0.889 bits per heavy atom. The zero-order valence-electron chi connectivity index (χ0n) is 33.9. The quantitative estimate of drug-likeness (QED) is 0.165. The van der Waals surface area contributed by atoms with Crippen LogP contribution in [0.25, 0.3) is 141 Å². The first-order valence-corrected chi connectivity index (χ1v) is 22.3. The maximum atomic E-state index is 7.29. The Morgan fingerprint density at radius 3 is 1.63 bits per heavy atom. The Balaban J connectivity index is 1.09. The highest BCUT2D eigenvalue weighted by atomic mass is 32.1. The van der Waals surface area contributed by atoms with E-state index in [2.05, 4.69) is 206 Å². The van der Waals surface area contributed by atoms with Crippen molar-refractivity contribution in [2.45, 2.75) is 0 Å². The predicted molar refractivity (Wildman–Crippen MR) is 268 cm³/mol. The zero-order valence-corrected chi connectivity index (χ0v) is 34.7. The third kappa shape index (κ3) is 5.12. The van der Waals surface area contributed by atoms with Gasteiger partial charge < -0.3 is 8.83 Å². The first kappa shape index (κ1) is 34.7. The summed E-state index contributed by atoms with van der Waals surface area (Å²) in [6.07, 6.45) is 0. The van der Waals surface area contributed by atoms with Crippen LogP contribution >= 0.6 is 11.3 Å². The SMILES string of the molecule is c1ccc(-c2c(-c3ccc4ccccc4c3)oc3cc(-c4c5ccccc5c(-c5ccc6oc7cc8ccccc8cc7c6c5)c5ccccc45)c4sc5ccccc5c4c23)cc1. The number of rotatable bonds is 4. The zero-order chi connectivity index (χ0) is 41.2. The van der Waals surface area contributed by atoms with Gasteiger partial charge in [-0.2, -0.15) is 0 Å². The van der Waals surface area contributed by atoms with E-state index in [0.29, 0.717) is 0 Å². The number of hydrogen-bond acceptors (Lipinski definition) is 3. The second kappa shape index (κ2) is 13.3. The van der Waals surface area contributed by atoms with Crippen molar-refractivity contribution in [3.63, 3.8) is 0 Å². The van der Waals surface area contributed by atoms with Crippen LogP contribution in [0, 0.1) is 0 Å². The van der Waals surface area contributed by atoms with E-state index in [-0.39, 0.29) is 0 Å². The molecule has 2 nitrogen and oxygen atoms in total. The van der Waals surface area contributed by atoms with Gasteiger partial charge in [-0.15, -0.1) is 11.3 Å². The second-order valence-electron chi connectivity index (χ2n) is 16.7. The maximum absolute atomic E-state index is 7.29. The van der Waals surface area contributed by atoms with Crippen molar-refractivity contribution in [2.75, 3.05) is 0 Å². The average molecular weight is 819 g/mol. The van der Waals surface area contributed by atoms with Gasteiger partial charge in [-0.1, -0.05) is 164 Å². The molecule has 14 rings (SSSR count). The van der Waals surface area contributed by atoms with Gasteiger partial charge in [0.25, 0.3) is 0 Å². The molecule has 0 aliphatic carbocycles. The van der Waals surface area contributed by atoms with Crippen molar-refractivity contribution < 1.29 is 8.83 Å². The van der Waals surface area contributed by atoms with Gasteiger partial charge >= 0.3 is 0 Å². The first-order chi connectivity index (χ1) is 31.2. The summed E-state index contributed by atoms with van der Waals surface area (Å²) in [5.41, 5.74) is 10.8. The van der Waals surface area contributed by atoms with E-state index in [1.165, 1.54) is 85.5 Å². The van der Waals surface area contributed by atoms with Gasteiger partial charge in [0, 0.05) is 53.0 Å². The molecule has 0 aliphatic rings. The molecule has 0 bridgehead atoms. The second-order valence-corrected chi connectivity index (χ2v) is 17.7. The molecular formula is C60H34O2S. The molecule has 292 valence electrons. The molecule has 0 N–H and O–H groups in total. The summed E-state index contributed by atoms with van der Waals surface area (Å²) in [5.74, 6) is 0.885. The standard InChI is InChI=1S/C60H34O2S/c1-2-15-36(16-3-1)55-58-52(62-59(55)41-27-26-35-14-4-5-17-37(35)30-41)34-49(60-57(58)46-24-12-13-25-53(46)63-60)56-44-22-10-8-20-42(44)54(43-21-9-11-23-45(43)56)40-28-29-50-47(32-40)48-31-38-18-6-7-19-39(38)33-51(48)61-50/h1-34H. The fraction of sp³-hybridized carbons (Fsp3) is 0. The molecule has 11 aromatic carbocycles. The molecule has 3 heteroatoms. The molecule has 0 spiro atoms. The van der Waals surface area contributed by atoms with E-state index in [9.17, 15) is 0 Å². The summed E-state index contributed by atoms with van der Waals surface area (Å²) in [4.78, 5) is 0. The lowest BCUT2D eigenvalue weighted by Crippen LogP contribution is -1.91. The van der Waals surface area contributed by atoms with Crippen molar-refractivity contribution >= 4 is 108 Å². The summed E-state index contributed by atoms with van der Waals surface area (Å²) >= 11 is 1.88. The highest BCUT2D eigenvalue weighted by Crippen LogP contribution is 2.54. The van der Waals surface area contributed by atoms with E-state index >= 15 is 0 Å². The lowest BCUT2D eigenvalue weighted by atomic mass is 9.85. The Hall–Kier alpha value is -7.98. The van der Waals surface area contributed by atoms with E-state index < -0.39 is 0 Å². The summed E-state index contributed by atoms with van der Waals surface area (Å²) < 4.78 is 16.3. The van der Waals surface area contributed by atoms with Crippen LogP contribution in [0.15, 0.2) is 215 Å². The van der Waals surface area contributed by atoms with Crippen LogP contribution in [-0.4, -0.2) is 0 Å². The number of fused-ring (bicyclic) bond motifs is 12. The number of thiophene rings is 1. The predicted octanol–water partition coefficient (Wildman–Crippen LogP) is 18.0. The van der Waals surface area contributed by atoms with Crippen molar-refractivity contribution in [1.29, 1.82) is 0 Å². The third-order valence-electron chi connectivity index (χ3n) is 13.2. The van der Waals surface area contributed by atoms with Crippen LogP contribution in [0.4, 0.5) is 0 Å². The summed E-state index contributed by atoms with van der Waals surface area (Å²) in [5, 5.41) is 15.5. The van der Waals surface area contributed by atoms with Crippen LogP contribution in [0.3, 0.4) is 0 Å². The minimum Gasteiger partial charge on any atom is -0.456 e. The Bertz CT molecular complexity index is 4150. The molecule has 14 aromatic rings. The summed E-state index contributed by atoms with van der Waals surface area (Å²) in [6.45, 7) is 0. The lowest BCUT2D eigenvalue weighted by Gasteiger charge is -2.18. The largest absolute Gasteiger partial charge is 0.456 e. The molecule has 63 heavy (non-hydrogen) atoms. The Morgan fingerprint density at radius 1 is 0.302 bits per heavy atom. The van der Waals surface area contributed by atoms with Gasteiger partial charge in [0.1, 0.15) is 22.5 Å². The van der Waals surface area contributed by atoms with Gasteiger partial charge in [0.2, 0.25) is 0 Å². The molecule has 0 aliphatic heterocycles. The van der Waals surface area contributed by atoms with E-state index in [4.69, 9.17) is 8.83 Å². The van der Waals surface area contributed by atoms with Gasteiger partial charge in [-0.05, 0) is 108 Å². The third-order valence-corrected chi connectivity index (χ3v) is 14.4. The highest BCUT2D eigenvalue weighted by Gasteiger charge is 2.27. The molecule has 0 atom stereocenters. The maximum Gasteiger partial charge on any atom is 0.143 e. The highest BCUT2D eigenvalue weighted by molar-refractivity contribution is 7.26. The molecular weight excluding hydrogens is 785 g/mol. The van der Waals surface area contributed by atoms with Crippen LogP contribution < -0.4 is 0 Å². The molecule has 0 amide bonds. The molecule has 3 aromatic heterocycles. The topological polar surface area (TPSA) is 26.3 Å². The van der Waals surface area contributed by atoms with Gasteiger partial charge in [-0.3, -0.25) is 0 Å². The minimum absolute atomic E-state index is 0.880. The molecule has 3 heterocycles. The summed E-state index contributed by atoms with van der Waals surface area (Å²) in [7, 11) is 0. The first-order valence-electron chi connectivity index (χ1n) is 21.5. The van der Waals surface area contributed by atoms with Crippen molar-refractivity contribution in [2.24, 2.45) is 0 Å². The Labute approximate surface area is 365 Å². The van der Waals surface area contributed by atoms with Crippen LogP contribution in [0.2, 0.25) is 0 Å². The van der Waals surface area contributed by atoms with Gasteiger partial charge in [0.15, 0.2) is 0 Å². The molecule has 0 saturated carbocycles. The number of benzene rings is 11. The lowest BCUT2D eigenvalue weighted by molar-refractivity contribution is 0.633. The smallest absolute Gasteiger partial charge is 0.143 e. The van der Waals surface area contributed by atoms with Gasteiger partial charge in [0.05, 0.1) is 0 Å². The van der Waals surface area contributed by atoms with Crippen LogP contribution in [0.1, 0.15) is 0 Å². The Kier molecular flexibility index (Phi) is 7.30. The summed E-state index contributed by atoms with van der Waals surface area (Å²) in [6, 6.07) is 74.8. The number of furan rings is 2. The fourth-order valence-corrected chi connectivity index (χ4v) is 11.7. The van der Waals surface area contributed by atoms with E-state index in [1.807, 2.05) is 11.3 Å². The average Bonchev–Trinajstić information content (AvgIpc) is 4.03. The molecule has 0 unspecified atom stereocenters. The molecule has 0 fully saturated rings. The molecule has 0 radical (unpaired) electrons. The van der Waals surface area contributed by atoms with Crippen molar-refractivity contribution in [3.05, 3.63) is 206 Å². The number of hydrogen-bond donors (Lipinski definition) is 0. The monoisotopic (exact) mass is 818 g/mol. The van der Waals surface area contributed by atoms with Crippen LogP contribution in [0.5, 0.6) is 0 Å². The normalized spacial score (nSPS) is 12.1. The van der Waals surface area contributed by atoms with Crippen molar-refractivity contribution in [3.8, 4) is 44.7 Å². The van der Waals surface area contributed by atoms with E-state index in [1.54, 1.807) is 0 Å². The van der Waals surface area contributed by atoms with E-state index in [0.717, 1.165) is 55.4 Å².